The van der Waals surface area contributed by atoms with Gasteiger partial charge in [-0.15, -0.1) is 0 Å². The van der Waals surface area contributed by atoms with Gasteiger partial charge in [-0.05, 0) is 69.4 Å². The maximum Gasteiger partial charge on any atom is 0.308 e. The van der Waals surface area contributed by atoms with Crippen LogP contribution in [0.15, 0.2) is 24.3 Å². The summed E-state index contributed by atoms with van der Waals surface area (Å²) >= 11 is 5.97. The van der Waals surface area contributed by atoms with E-state index in [1.54, 1.807) is 0 Å². The van der Waals surface area contributed by atoms with Gasteiger partial charge in [0, 0.05) is 17.1 Å². The molecule has 23 heavy (non-hydrogen) atoms. The standard InChI is InChI=1S/C18H25ClN2O2/c19-14-5-3-13(4-6-14)12-17-16(18(22)23)2-1-11-21(17)15-7-9-20-10-8-15/h3-6,15-17,20H,1-2,7-12H2,(H,22,23). The van der Waals surface area contributed by atoms with E-state index in [0.717, 1.165) is 56.8 Å². The Labute approximate surface area is 142 Å². The Balaban J connectivity index is 1.80. The van der Waals surface area contributed by atoms with E-state index in [-0.39, 0.29) is 12.0 Å². The smallest absolute Gasteiger partial charge is 0.308 e. The number of nitrogens with zero attached hydrogens (tertiary/aromatic N) is 1. The molecular formula is C18H25ClN2O2. The molecule has 2 atom stereocenters. The van der Waals surface area contributed by atoms with Crippen LogP contribution in [0.3, 0.4) is 0 Å². The molecule has 0 aromatic heterocycles. The Morgan fingerprint density at radius 3 is 2.57 bits per heavy atom. The molecule has 126 valence electrons. The zero-order chi connectivity index (χ0) is 16.2. The van der Waals surface area contributed by atoms with Crippen molar-refractivity contribution in [1.82, 2.24) is 10.2 Å². The summed E-state index contributed by atoms with van der Waals surface area (Å²) in [5, 5.41) is 13.8. The second kappa shape index (κ2) is 7.65. The second-order valence-corrected chi connectivity index (χ2v) is 7.14. The summed E-state index contributed by atoms with van der Waals surface area (Å²) in [6.45, 7) is 3.09. The largest absolute Gasteiger partial charge is 0.481 e. The second-order valence-electron chi connectivity index (χ2n) is 6.70. The predicted octanol–water partition coefficient (Wildman–Crippen LogP) is 2.80. The normalized spacial score (nSPS) is 27.0. The molecule has 0 amide bonds. The Morgan fingerprint density at radius 2 is 1.91 bits per heavy atom. The average Bonchev–Trinajstić information content (AvgIpc) is 2.57. The number of nitrogens with one attached hydrogen (secondary N) is 1. The van der Waals surface area contributed by atoms with Crippen LogP contribution in [-0.4, -0.2) is 47.7 Å². The highest BCUT2D eigenvalue weighted by atomic mass is 35.5. The number of hydrogen-bond acceptors (Lipinski definition) is 3. The summed E-state index contributed by atoms with van der Waals surface area (Å²) in [4.78, 5) is 14.3. The molecule has 0 bridgehead atoms. The summed E-state index contributed by atoms with van der Waals surface area (Å²) < 4.78 is 0. The van der Waals surface area contributed by atoms with Crippen LogP contribution in [0.4, 0.5) is 0 Å². The monoisotopic (exact) mass is 336 g/mol. The number of hydrogen-bond donors (Lipinski definition) is 2. The van der Waals surface area contributed by atoms with Gasteiger partial charge in [-0.3, -0.25) is 9.69 Å². The molecule has 1 aromatic rings. The minimum atomic E-state index is -0.650. The first-order valence-corrected chi connectivity index (χ1v) is 8.96. The van der Waals surface area contributed by atoms with Crippen LogP contribution >= 0.6 is 11.6 Å². The fraction of sp³-hybridized carbons (Fsp3) is 0.611. The molecule has 3 rings (SSSR count). The molecule has 2 fully saturated rings. The first-order chi connectivity index (χ1) is 11.1. The van der Waals surface area contributed by atoms with E-state index in [4.69, 9.17) is 11.6 Å². The molecule has 0 saturated carbocycles. The molecule has 0 aliphatic carbocycles. The minimum absolute atomic E-state index is 0.0884. The van der Waals surface area contributed by atoms with E-state index in [2.05, 4.69) is 10.2 Å². The molecule has 5 heteroatoms. The van der Waals surface area contributed by atoms with Crippen LogP contribution in [0.5, 0.6) is 0 Å². The van der Waals surface area contributed by atoms with E-state index >= 15 is 0 Å². The molecule has 2 saturated heterocycles. The summed E-state index contributed by atoms with van der Waals surface area (Å²) in [5.74, 6) is -0.920. The van der Waals surface area contributed by atoms with Gasteiger partial charge in [-0.1, -0.05) is 23.7 Å². The van der Waals surface area contributed by atoms with Crippen LogP contribution < -0.4 is 5.32 Å². The highest BCUT2D eigenvalue weighted by Crippen LogP contribution is 2.31. The van der Waals surface area contributed by atoms with E-state index in [9.17, 15) is 9.90 Å². The molecular weight excluding hydrogens is 312 g/mol. The van der Waals surface area contributed by atoms with Gasteiger partial charge in [-0.2, -0.15) is 0 Å². The van der Waals surface area contributed by atoms with Crippen LogP contribution in [0.2, 0.25) is 5.02 Å². The lowest BCUT2D eigenvalue weighted by Crippen LogP contribution is -2.55. The van der Waals surface area contributed by atoms with Gasteiger partial charge in [-0.25, -0.2) is 0 Å². The Morgan fingerprint density at radius 1 is 1.22 bits per heavy atom. The van der Waals surface area contributed by atoms with Crippen molar-refractivity contribution in [3.8, 4) is 0 Å². The molecule has 2 heterocycles. The minimum Gasteiger partial charge on any atom is -0.481 e. The first-order valence-electron chi connectivity index (χ1n) is 8.59. The SMILES string of the molecule is O=C(O)C1CCCN(C2CCNCC2)C1Cc1ccc(Cl)cc1. The van der Waals surface area contributed by atoms with Gasteiger partial charge in [0.1, 0.15) is 0 Å². The van der Waals surface area contributed by atoms with Crippen LogP contribution in [0.25, 0.3) is 0 Å². The van der Waals surface area contributed by atoms with Crippen molar-refractivity contribution in [2.45, 2.75) is 44.2 Å². The number of carboxylic acid groups (broad SMARTS) is 1. The molecule has 4 nitrogen and oxygen atoms in total. The molecule has 2 N–H and O–H groups in total. The van der Waals surface area contributed by atoms with E-state index in [0.29, 0.717) is 6.04 Å². The Kier molecular flexibility index (Phi) is 5.57. The number of rotatable bonds is 4. The van der Waals surface area contributed by atoms with Crippen molar-refractivity contribution >= 4 is 17.6 Å². The lowest BCUT2D eigenvalue weighted by atomic mass is 9.83. The van der Waals surface area contributed by atoms with Gasteiger partial charge in [0.05, 0.1) is 5.92 Å². The van der Waals surface area contributed by atoms with Crippen molar-refractivity contribution in [2.24, 2.45) is 5.92 Å². The third kappa shape index (κ3) is 4.06. The quantitative estimate of drug-likeness (QED) is 0.887. The zero-order valence-corrected chi connectivity index (χ0v) is 14.1. The van der Waals surface area contributed by atoms with E-state index in [1.807, 2.05) is 24.3 Å². The van der Waals surface area contributed by atoms with Gasteiger partial charge in [0.25, 0.3) is 0 Å². The van der Waals surface area contributed by atoms with Gasteiger partial charge in [0.15, 0.2) is 0 Å². The summed E-state index contributed by atoms with van der Waals surface area (Å²) in [5.41, 5.74) is 1.17. The highest BCUT2D eigenvalue weighted by Gasteiger charge is 2.39. The number of halogens is 1. The number of piperidine rings is 2. The zero-order valence-electron chi connectivity index (χ0n) is 13.4. The maximum atomic E-state index is 11.8. The van der Waals surface area contributed by atoms with Gasteiger partial charge >= 0.3 is 5.97 Å². The number of aliphatic carboxylic acids is 1. The van der Waals surface area contributed by atoms with Crippen LogP contribution in [0, 0.1) is 5.92 Å². The highest BCUT2D eigenvalue weighted by molar-refractivity contribution is 6.30. The lowest BCUT2D eigenvalue weighted by Gasteiger charge is -2.45. The van der Waals surface area contributed by atoms with E-state index in [1.165, 1.54) is 5.56 Å². The predicted molar refractivity (Wildman–Crippen MR) is 91.9 cm³/mol. The summed E-state index contributed by atoms with van der Waals surface area (Å²) in [7, 11) is 0. The van der Waals surface area contributed by atoms with Crippen LogP contribution in [0.1, 0.15) is 31.2 Å². The third-order valence-corrected chi connectivity index (χ3v) is 5.53. The summed E-state index contributed by atoms with van der Waals surface area (Å²) in [6, 6.07) is 8.43. The molecule has 0 radical (unpaired) electrons. The van der Waals surface area contributed by atoms with Gasteiger partial charge < -0.3 is 10.4 Å². The molecule has 1 aromatic carbocycles. The first kappa shape index (κ1) is 16.7. The number of likely N-dealkylation sites (tertiary alicyclic amines) is 1. The summed E-state index contributed by atoms with van der Waals surface area (Å²) in [6.07, 6.45) is 4.79. The van der Waals surface area contributed by atoms with Crippen LogP contribution in [-0.2, 0) is 11.2 Å². The fourth-order valence-electron chi connectivity index (χ4n) is 4.08. The van der Waals surface area contributed by atoms with Crippen molar-refractivity contribution in [3.05, 3.63) is 34.9 Å². The Hall–Kier alpha value is -1.10. The number of benzene rings is 1. The van der Waals surface area contributed by atoms with Crippen molar-refractivity contribution < 1.29 is 9.90 Å². The topological polar surface area (TPSA) is 52.6 Å². The van der Waals surface area contributed by atoms with Crippen molar-refractivity contribution in [1.29, 1.82) is 0 Å². The van der Waals surface area contributed by atoms with Crippen molar-refractivity contribution in [3.63, 3.8) is 0 Å². The third-order valence-electron chi connectivity index (χ3n) is 5.27. The average molecular weight is 337 g/mol. The molecule has 2 unspecified atom stereocenters. The molecule has 2 aliphatic heterocycles. The number of carbonyl (C=O) groups is 1. The van der Waals surface area contributed by atoms with E-state index < -0.39 is 5.97 Å². The lowest BCUT2D eigenvalue weighted by molar-refractivity contribution is -0.147. The van der Waals surface area contributed by atoms with Gasteiger partial charge in [0.2, 0.25) is 0 Å². The molecule has 2 aliphatic rings. The molecule has 0 spiro atoms. The Bertz CT molecular complexity index is 528. The fourth-order valence-corrected chi connectivity index (χ4v) is 4.21. The number of carboxylic acids is 1. The van der Waals surface area contributed by atoms with Crippen molar-refractivity contribution in [2.75, 3.05) is 19.6 Å². The maximum absolute atomic E-state index is 11.8.